The highest BCUT2D eigenvalue weighted by atomic mass is 35.5. The van der Waals surface area contributed by atoms with Crippen molar-refractivity contribution < 1.29 is 9.53 Å². The highest BCUT2D eigenvalue weighted by molar-refractivity contribution is 5.85. The molecule has 0 radical (unpaired) electrons. The highest BCUT2D eigenvalue weighted by Crippen LogP contribution is 2.00. The fourth-order valence-corrected chi connectivity index (χ4v) is 1.60. The van der Waals surface area contributed by atoms with Crippen molar-refractivity contribution in [2.75, 3.05) is 6.54 Å². The summed E-state index contributed by atoms with van der Waals surface area (Å²) in [7, 11) is 0. The first-order chi connectivity index (χ1) is 9.34. The second kappa shape index (κ2) is 11.1. The van der Waals surface area contributed by atoms with Crippen LogP contribution in [0.3, 0.4) is 0 Å². The third kappa shape index (κ3) is 7.66. The molecule has 0 aliphatic rings. The average Bonchev–Trinajstić information content (AvgIpc) is 2.47. The van der Waals surface area contributed by atoms with Crippen LogP contribution in [0.4, 0.5) is 0 Å². The maximum absolute atomic E-state index is 11.5. The van der Waals surface area contributed by atoms with Gasteiger partial charge in [0.05, 0.1) is 6.54 Å². The average molecular weight is 329 g/mol. The van der Waals surface area contributed by atoms with E-state index in [9.17, 15) is 4.79 Å². The third-order valence-electron chi connectivity index (χ3n) is 2.56. The van der Waals surface area contributed by atoms with Crippen LogP contribution in [0.2, 0.25) is 0 Å². The molecule has 0 spiro atoms. The Bertz CT molecular complexity index is 510. The maximum Gasteiger partial charge on any atom is 0.320 e. The zero-order valence-electron chi connectivity index (χ0n) is 11.4. The smallest absolute Gasteiger partial charge is 0.320 e. The number of benzene rings is 1. The first-order valence-electron chi connectivity index (χ1n) is 6.14. The van der Waals surface area contributed by atoms with Crippen molar-refractivity contribution >= 4 is 30.8 Å². The Morgan fingerprint density at radius 2 is 1.76 bits per heavy atom. The topological polar surface area (TPSA) is 51.2 Å². The summed E-state index contributed by atoms with van der Waals surface area (Å²) in [6.07, 6.45) is 3.49. The van der Waals surface area contributed by atoms with E-state index in [0.29, 0.717) is 13.2 Å². The van der Waals surface area contributed by atoms with E-state index >= 15 is 0 Å². The van der Waals surface area contributed by atoms with E-state index in [0.717, 1.165) is 11.1 Å². The summed E-state index contributed by atoms with van der Waals surface area (Å²) in [5, 5.41) is 3.02. The van der Waals surface area contributed by atoms with Crippen molar-refractivity contribution in [1.29, 1.82) is 0 Å². The summed E-state index contributed by atoms with van der Waals surface area (Å²) in [6.45, 7) is 1.12. The van der Waals surface area contributed by atoms with Gasteiger partial charge in [0.1, 0.15) is 6.61 Å². The maximum atomic E-state index is 11.5. The fraction of sp³-hybridized carbons (Fsp3) is 0.200. The van der Waals surface area contributed by atoms with Crippen molar-refractivity contribution in [2.45, 2.75) is 13.2 Å². The van der Waals surface area contributed by atoms with E-state index in [1.165, 1.54) is 0 Å². The molecule has 0 unspecified atom stereocenters. The van der Waals surface area contributed by atoms with Crippen LogP contribution in [0.5, 0.6) is 0 Å². The van der Waals surface area contributed by atoms with E-state index in [1.54, 1.807) is 12.4 Å². The molecule has 0 atom stereocenters. The number of aromatic nitrogens is 1. The number of ether oxygens (including phenoxy) is 1. The molecule has 0 aliphatic carbocycles. The first-order valence-corrected chi connectivity index (χ1v) is 6.14. The van der Waals surface area contributed by atoms with Crippen molar-refractivity contribution in [3.05, 3.63) is 66.0 Å². The minimum Gasteiger partial charge on any atom is -0.460 e. The van der Waals surface area contributed by atoms with Crippen LogP contribution in [-0.4, -0.2) is 17.5 Å². The predicted molar refractivity (Wildman–Crippen MR) is 86.7 cm³/mol. The summed E-state index contributed by atoms with van der Waals surface area (Å²) in [5.41, 5.74) is 2.03. The molecular weight excluding hydrogens is 311 g/mol. The summed E-state index contributed by atoms with van der Waals surface area (Å²) >= 11 is 0. The van der Waals surface area contributed by atoms with Crippen LogP contribution >= 0.6 is 24.8 Å². The minimum absolute atomic E-state index is 0. The molecule has 0 saturated heterocycles. The zero-order chi connectivity index (χ0) is 13.3. The number of hydrogen-bond acceptors (Lipinski definition) is 4. The van der Waals surface area contributed by atoms with Gasteiger partial charge >= 0.3 is 5.97 Å². The van der Waals surface area contributed by atoms with E-state index in [4.69, 9.17) is 4.74 Å². The number of pyridine rings is 1. The highest BCUT2D eigenvalue weighted by Gasteiger charge is 2.02. The number of halogens is 2. The number of hydrogen-bond donors (Lipinski definition) is 1. The van der Waals surface area contributed by atoms with Gasteiger partial charge in [0.2, 0.25) is 0 Å². The fourth-order valence-electron chi connectivity index (χ4n) is 1.60. The molecule has 1 N–H and O–H groups in total. The molecule has 114 valence electrons. The van der Waals surface area contributed by atoms with Gasteiger partial charge in [-0.3, -0.25) is 9.78 Å². The van der Waals surface area contributed by atoms with Gasteiger partial charge in [0.15, 0.2) is 0 Å². The molecule has 0 aliphatic heterocycles. The number of nitrogens with one attached hydrogen (secondary N) is 1. The summed E-state index contributed by atoms with van der Waals surface area (Å²) in [5.74, 6) is -0.257. The lowest BCUT2D eigenvalue weighted by atomic mass is 10.2. The molecule has 0 fully saturated rings. The van der Waals surface area contributed by atoms with Gasteiger partial charge < -0.3 is 10.1 Å². The van der Waals surface area contributed by atoms with Crippen LogP contribution in [0, 0.1) is 0 Å². The SMILES string of the molecule is Cl.Cl.O=C(CNCc1cccnc1)OCc1ccccc1. The number of carbonyl (C=O) groups excluding carboxylic acids is 1. The van der Waals surface area contributed by atoms with Crippen molar-refractivity contribution in [1.82, 2.24) is 10.3 Å². The second-order valence-corrected chi connectivity index (χ2v) is 4.11. The van der Waals surface area contributed by atoms with E-state index in [-0.39, 0.29) is 37.3 Å². The van der Waals surface area contributed by atoms with Crippen LogP contribution in [0.15, 0.2) is 54.9 Å². The molecule has 0 amide bonds. The van der Waals surface area contributed by atoms with Gasteiger partial charge in [-0.2, -0.15) is 0 Å². The molecule has 0 saturated carbocycles. The Balaban J connectivity index is 0.00000200. The van der Waals surface area contributed by atoms with Gasteiger partial charge in [0.25, 0.3) is 0 Å². The van der Waals surface area contributed by atoms with Crippen LogP contribution in [-0.2, 0) is 22.7 Å². The molecule has 6 heteroatoms. The van der Waals surface area contributed by atoms with Crippen LogP contribution in [0.25, 0.3) is 0 Å². The Morgan fingerprint density at radius 1 is 1.05 bits per heavy atom. The van der Waals surface area contributed by atoms with E-state index < -0.39 is 0 Å². The van der Waals surface area contributed by atoms with Crippen LogP contribution < -0.4 is 5.32 Å². The molecule has 21 heavy (non-hydrogen) atoms. The lowest BCUT2D eigenvalue weighted by Gasteiger charge is -2.06. The van der Waals surface area contributed by atoms with Gasteiger partial charge in [-0.25, -0.2) is 0 Å². The quantitative estimate of drug-likeness (QED) is 0.828. The zero-order valence-corrected chi connectivity index (χ0v) is 13.0. The van der Waals surface area contributed by atoms with Gasteiger partial charge in [0, 0.05) is 18.9 Å². The molecule has 1 aromatic carbocycles. The van der Waals surface area contributed by atoms with Gasteiger partial charge in [-0.05, 0) is 17.2 Å². The standard InChI is InChI=1S/C15H16N2O2.2ClH/c18-15(19-12-13-5-2-1-3-6-13)11-17-10-14-7-4-8-16-9-14;;/h1-9,17H,10-12H2;2*1H. The molecule has 2 aromatic rings. The van der Waals surface area contributed by atoms with Crippen molar-refractivity contribution in [3.8, 4) is 0 Å². The lowest BCUT2D eigenvalue weighted by Crippen LogP contribution is -2.24. The Kier molecular flexibility index (Phi) is 10.2. The van der Waals surface area contributed by atoms with E-state index in [1.807, 2.05) is 42.5 Å². The lowest BCUT2D eigenvalue weighted by molar-refractivity contribution is -0.143. The Labute approximate surface area is 136 Å². The Hall–Kier alpha value is -1.62. The molecule has 1 aromatic heterocycles. The van der Waals surface area contributed by atoms with Crippen molar-refractivity contribution in [3.63, 3.8) is 0 Å². The normalized spacial score (nSPS) is 9.14. The van der Waals surface area contributed by atoms with E-state index in [2.05, 4.69) is 10.3 Å². The number of rotatable bonds is 6. The summed E-state index contributed by atoms with van der Waals surface area (Å²) < 4.78 is 5.15. The monoisotopic (exact) mass is 328 g/mol. The summed E-state index contributed by atoms with van der Waals surface area (Å²) in [4.78, 5) is 15.5. The first kappa shape index (κ1) is 19.4. The van der Waals surface area contributed by atoms with Gasteiger partial charge in [-0.15, -0.1) is 24.8 Å². The largest absolute Gasteiger partial charge is 0.460 e. The predicted octanol–water partition coefficient (Wildman–Crippen LogP) is 2.76. The number of esters is 1. The number of carbonyl (C=O) groups is 1. The molecule has 0 bridgehead atoms. The number of nitrogens with zero attached hydrogens (tertiary/aromatic N) is 1. The summed E-state index contributed by atoms with van der Waals surface area (Å²) in [6, 6.07) is 13.4. The van der Waals surface area contributed by atoms with Gasteiger partial charge in [-0.1, -0.05) is 36.4 Å². The minimum atomic E-state index is -0.257. The van der Waals surface area contributed by atoms with Crippen molar-refractivity contribution in [2.24, 2.45) is 0 Å². The van der Waals surface area contributed by atoms with Crippen LogP contribution in [0.1, 0.15) is 11.1 Å². The molecular formula is C15H18Cl2N2O2. The third-order valence-corrected chi connectivity index (χ3v) is 2.56. The molecule has 4 nitrogen and oxygen atoms in total. The molecule has 1 heterocycles. The second-order valence-electron chi connectivity index (χ2n) is 4.11. The molecule has 2 rings (SSSR count). The Morgan fingerprint density at radius 3 is 2.43 bits per heavy atom.